The van der Waals surface area contributed by atoms with Gasteiger partial charge in [-0.05, 0) is 48.5 Å². The second kappa shape index (κ2) is 12.2. The zero-order valence-corrected chi connectivity index (χ0v) is 19.8. The highest BCUT2D eigenvalue weighted by Crippen LogP contribution is 2.29. The van der Waals surface area contributed by atoms with Crippen LogP contribution in [0.15, 0.2) is 48.5 Å². The number of carbonyl (C=O) groups excluding carboxylic acids is 2. The summed E-state index contributed by atoms with van der Waals surface area (Å²) in [6.07, 6.45) is -4.96. The molecule has 0 N–H and O–H groups in total. The molecule has 3 rings (SSSR count). The summed E-state index contributed by atoms with van der Waals surface area (Å²) in [4.78, 5) is 28.7. The Labute approximate surface area is 206 Å². The average Bonchev–Trinajstić information content (AvgIpc) is 2.85. The summed E-state index contributed by atoms with van der Waals surface area (Å²) >= 11 is 5.85. The number of benzene rings is 2. The molecule has 190 valence electrons. The molecular weight excluding hydrogens is 489 g/mol. The van der Waals surface area contributed by atoms with Gasteiger partial charge in [-0.2, -0.15) is 13.2 Å². The van der Waals surface area contributed by atoms with Gasteiger partial charge in [0.2, 0.25) is 0 Å². The van der Waals surface area contributed by atoms with Crippen LogP contribution in [0.4, 0.5) is 13.2 Å². The molecule has 1 saturated heterocycles. The van der Waals surface area contributed by atoms with E-state index in [-0.39, 0.29) is 50.9 Å². The van der Waals surface area contributed by atoms with E-state index in [1.54, 1.807) is 29.2 Å². The lowest BCUT2D eigenvalue weighted by Crippen LogP contribution is -2.52. The van der Waals surface area contributed by atoms with Gasteiger partial charge in [-0.15, -0.1) is 0 Å². The van der Waals surface area contributed by atoms with Crippen molar-refractivity contribution < 1.29 is 37.0 Å². The van der Waals surface area contributed by atoms with Gasteiger partial charge in [0.25, 0.3) is 11.8 Å². The minimum Gasteiger partial charge on any atom is -0.484 e. The van der Waals surface area contributed by atoms with E-state index in [1.807, 2.05) is 0 Å². The largest absolute Gasteiger partial charge is 0.484 e. The van der Waals surface area contributed by atoms with E-state index in [0.717, 1.165) is 24.3 Å². The molecule has 2 amide bonds. The molecule has 1 unspecified atom stereocenters. The monoisotopic (exact) mass is 514 g/mol. The van der Waals surface area contributed by atoms with E-state index < -0.39 is 23.8 Å². The van der Waals surface area contributed by atoms with Crippen molar-refractivity contribution in [2.45, 2.75) is 12.3 Å². The number of nitrogens with zero attached hydrogens (tertiary/aromatic N) is 2. The van der Waals surface area contributed by atoms with Crippen LogP contribution in [0.3, 0.4) is 0 Å². The maximum atomic E-state index is 13.0. The Morgan fingerprint density at radius 1 is 1.14 bits per heavy atom. The lowest BCUT2D eigenvalue weighted by Gasteiger charge is -2.35. The van der Waals surface area contributed by atoms with Crippen molar-refractivity contribution in [1.29, 1.82) is 0 Å². The maximum Gasteiger partial charge on any atom is 0.416 e. The highest BCUT2D eigenvalue weighted by atomic mass is 35.5. The summed E-state index contributed by atoms with van der Waals surface area (Å²) < 4.78 is 54.9. The van der Waals surface area contributed by atoms with Gasteiger partial charge in [0.05, 0.1) is 24.9 Å². The summed E-state index contributed by atoms with van der Waals surface area (Å²) in [6.45, 7) is 1.33. The van der Waals surface area contributed by atoms with Gasteiger partial charge in [0.15, 0.2) is 6.61 Å². The first-order valence-electron chi connectivity index (χ1n) is 10.9. The molecule has 2 aromatic rings. The Morgan fingerprint density at radius 2 is 1.83 bits per heavy atom. The quantitative estimate of drug-likeness (QED) is 0.510. The van der Waals surface area contributed by atoms with Crippen molar-refractivity contribution in [3.8, 4) is 5.75 Å². The van der Waals surface area contributed by atoms with Crippen LogP contribution < -0.4 is 4.74 Å². The average molecular weight is 515 g/mol. The second-order valence-corrected chi connectivity index (χ2v) is 8.33. The molecule has 0 spiro atoms. The number of morpholine rings is 1. The van der Waals surface area contributed by atoms with E-state index in [1.165, 1.54) is 12.0 Å². The van der Waals surface area contributed by atoms with Gasteiger partial charge in [0, 0.05) is 43.9 Å². The number of alkyl halides is 3. The Morgan fingerprint density at radius 3 is 2.46 bits per heavy atom. The molecule has 35 heavy (non-hydrogen) atoms. The maximum absolute atomic E-state index is 13.0. The van der Waals surface area contributed by atoms with Gasteiger partial charge in [-0.3, -0.25) is 9.59 Å². The van der Waals surface area contributed by atoms with Crippen LogP contribution in [-0.4, -0.2) is 80.8 Å². The summed E-state index contributed by atoms with van der Waals surface area (Å²) in [5, 5.41) is 0.559. The molecule has 0 saturated carbocycles. The SMILES string of the molecule is COCCN(CC1CN(C(=O)COc2ccc(Cl)cc2)CCO1)C(=O)c1ccc(C(F)(F)F)cc1. The van der Waals surface area contributed by atoms with E-state index in [2.05, 4.69) is 0 Å². The molecule has 0 bridgehead atoms. The Hall–Kier alpha value is -2.82. The molecule has 1 atom stereocenters. The van der Waals surface area contributed by atoms with Gasteiger partial charge in [0.1, 0.15) is 5.75 Å². The molecule has 1 heterocycles. The minimum absolute atomic E-state index is 0.120. The van der Waals surface area contributed by atoms with Gasteiger partial charge < -0.3 is 24.0 Å². The van der Waals surface area contributed by atoms with E-state index in [0.29, 0.717) is 17.3 Å². The molecule has 0 radical (unpaired) electrons. The first-order chi connectivity index (χ1) is 16.7. The molecule has 7 nitrogen and oxygen atoms in total. The third-order valence-corrected chi connectivity index (χ3v) is 5.66. The molecule has 1 aliphatic rings. The van der Waals surface area contributed by atoms with E-state index in [4.69, 9.17) is 25.8 Å². The minimum atomic E-state index is -4.49. The van der Waals surface area contributed by atoms with Gasteiger partial charge in [-0.1, -0.05) is 11.6 Å². The summed E-state index contributed by atoms with van der Waals surface area (Å²) in [7, 11) is 1.49. The first kappa shape index (κ1) is 26.8. The summed E-state index contributed by atoms with van der Waals surface area (Å²) in [5.41, 5.74) is -0.711. The van der Waals surface area contributed by atoms with Crippen LogP contribution in [0, 0.1) is 0 Å². The standard InChI is InChI=1S/C24H26ClF3N2O5/c1-33-12-10-30(23(32)17-2-4-18(5-3-17)24(26,27)28)15-21-14-29(11-13-34-21)22(31)16-35-20-8-6-19(25)7-9-20/h2-9,21H,10-16H2,1H3. The van der Waals surface area contributed by atoms with Gasteiger partial charge >= 0.3 is 6.18 Å². The molecular formula is C24H26ClF3N2O5. The number of hydrogen-bond donors (Lipinski definition) is 0. The van der Waals surface area contributed by atoms with Crippen molar-refractivity contribution >= 4 is 23.4 Å². The lowest BCUT2D eigenvalue weighted by atomic mass is 10.1. The predicted octanol–water partition coefficient (Wildman–Crippen LogP) is 3.75. The number of rotatable bonds is 9. The lowest BCUT2D eigenvalue weighted by molar-refractivity contribution is -0.141. The van der Waals surface area contributed by atoms with Crippen LogP contribution in [0.5, 0.6) is 5.75 Å². The van der Waals surface area contributed by atoms with Crippen molar-refractivity contribution in [3.63, 3.8) is 0 Å². The molecule has 1 fully saturated rings. The molecule has 11 heteroatoms. The number of carbonyl (C=O) groups is 2. The molecule has 0 aromatic heterocycles. The third-order valence-electron chi connectivity index (χ3n) is 5.40. The fourth-order valence-electron chi connectivity index (χ4n) is 3.53. The van der Waals surface area contributed by atoms with E-state index >= 15 is 0 Å². The zero-order valence-electron chi connectivity index (χ0n) is 19.1. The predicted molar refractivity (Wildman–Crippen MR) is 122 cm³/mol. The van der Waals surface area contributed by atoms with Crippen LogP contribution in [0.25, 0.3) is 0 Å². The Balaban J connectivity index is 1.60. The number of ether oxygens (including phenoxy) is 3. The van der Waals surface area contributed by atoms with Crippen LogP contribution >= 0.6 is 11.6 Å². The van der Waals surface area contributed by atoms with E-state index in [9.17, 15) is 22.8 Å². The topological polar surface area (TPSA) is 68.3 Å². The van der Waals surface area contributed by atoms with Crippen LogP contribution in [0.1, 0.15) is 15.9 Å². The first-order valence-corrected chi connectivity index (χ1v) is 11.3. The number of methoxy groups -OCH3 is 1. The second-order valence-electron chi connectivity index (χ2n) is 7.89. The number of amides is 2. The van der Waals surface area contributed by atoms with Crippen molar-refractivity contribution in [3.05, 3.63) is 64.7 Å². The van der Waals surface area contributed by atoms with Crippen molar-refractivity contribution in [2.75, 3.05) is 53.1 Å². The molecule has 1 aliphatic heterocycles. The van der Waals surface area contributed by atoms with Crippen LogP contribution in [0.2, 0.25) is 5.02 Å². The Bertz CT molecular complexity index is 986. The highest BCUT2D eigenvalue weighted by Gasteiger charge is 2.31. The smallest absolute Gasteiger partial charge is 0.416 e. The number of hydrogen-bond acceptors (Lipinski definition) is 5. The van der Waals surface area contributed by atoms with Crippen LogP contribution in [-0.2, 0) is 20.4 Å². The Kier molecular flexibility index (Phi) is 9.36. The summed E-state index contributed by atoms with van der Waals surface area (Å²) in [5.74, 6) is -0.167. The summed E-state index contributed by atoms with van der Waals surface area (Å²) in [6, 6.07) is 10.7. The molecule has 0 aliphatic carbocycles. The van der Waals surface area contributed by atoms with Crippen molar-refractivity contribution in [2.24, 2.45) is 0 Å². The van der Waals surface area contributed by atoms with Gasteiger partial charge in [-0.25, -0.2) is 0 Å². The number of halogens is 4. The fourth-order valence-corrected chi connectivity index (χ4v) is 3.66. The fraction of sp³-hybridized carbons (Fsp3) is 0.417. The van der Waals surface area contributed by atoms with Crippen molar-refractivity contribution in [1.82, 2.24) is 9.80 Å². The third kappa shape index (κ3) is 7.84. The highest BCUT2D eigenvalue weighted by molar-refractivity contribution is 6.30. The molecule has 2 aromatic carbocycles. The normalized spacial score (nSPS) is 16.1. The zero-order chi connectivity index (χ0) is 25.4.